The fourth-order valence-electron chi connectivity index (χ4n) is 3.00. The van der Waals surface area contributed by atoms with Crippen LogP contribution in [0.3, 0.4) is 0 Å². The maximum absolute atomic E-state index is 12.9. The Hall–Kier alpha value is -2.25. The van der Waals surface area contributed by atoms with Gasteiger partial charge in [-0.1, -0.05) is 24.3 Å². The number of carbonyl (C=O) groups excluding carboxylic acids is 1. The molecule has 26 heavy (non-hydrogen) atoms. The molecule has 0 unspecified atom stereocenters. The molecular formula is C19H21FN2O3S. The van der Waals surface area contributed by atoms with Crippen LogP contribution in [0.25, 0.3) is 0 Å². The summed E-state index contributed by atoms with van der Waals surface area (Å²) >= 11 is 0. The number of carbonyl (C=O) groups is 1. The summed E-state index contributed by atoms with van der Waals surface area (Å²) in [6.45, 7) is 1.14. The maximum atomic E-state index is 12.9. The van der Waals surface area contributed by atoms with Gasteiger partial charge in [0.05, 0.1) is 5.75 Å². The van der Waals surface area contributed by atoms with Gasteiger partial charge in [-0.05, 0) is 48.2 Å². The smallest absolute Gasteiger partial charge is 0.251 e. The number of amides is 1. The van der Waals surface area contributed by atoms with E-state index < -0.39 is 15.8 Å². The minimum absolute atomic E-state index is 0.0150. The van der Waals surface area contributed by atoms with E-state index in [1.807, 2.05) is 24.3 Å². The molecule has 0 aliphatic carbocycles. The average Bonchev–Trinajstić information content (AvgIpc) is 2.65. The molecule has 2 aromatic rings. The third-order valence-corrected chi connectivity index (χ3v) is 6.36. The maximum Gasteiger partial charge on any atom is 0.251 e. The van der Waals surface area contributed by atoms with Crippen molar-refractivity contribution in [2.75, 3.05) is 18.8 Å². The van der Waals surface area contributed by atoms with E-state index >= 15 is 0 Å². The summed E-state index contributed by atoms with van der Waals surface area (Å²) in [4.78, 5) is 11.9. The predicted molar refractivity (Wildman–Crippen MR) is 97.7 cm³/mol. The Labute approximate surface area is 152 Å². The van der Waals surface area contributed by atoms with Gasteiger partial charge in [0.1, 0.15) is 5.82 Å². The molecule has 0 spiro atoms. The summed E-state index contributed by atoms with van der Waals surface area (Å²) in [7, 11) is -3.36. The second-order valence-electron chi connectivity index (χ2n) is 6.28. The van der Waals surface area contributed by atoms with Crippen LogP contribution in [0, 0.1) is 5.82 Å². The van der Waals surface area contributed by atoms with Crippen LogP contribution in [0.15, 0.2) is 48.5 Å². The van der Waals surface area contributed by atoms with Gasteiger partial charge in [0.15, 0.2) is 0 Å². The van der Waals surface area contributed by atoms with Crippen molar-refractivity contribution in [3.05, 3.63) is 71.0 Å². The van der Waals surface area contributed by atoms with E-state index in [9.17, 15) is 17.6 Å². The number of fused-ring (bicyclic) bond motifs is 1. The van der Waals surface area contributed by atoms with Crippen molar-refractivity contribution in [1.82, 2.24) is 9.62 Å². The van der Waals surface area contributed by atoms with Crippen LogP contribution in [0.1, 0.15) is 27.9 Å². The Morgan fingerprint density at radius 2 is 1.77 bits per heavy atom. The van der Waals surface area contributed by atoms with E-state index in [0.717, 1.165) is 12.0 Å². The molecule has 0 aromatic heterocycles. The molecule has 1 aliphatic rings. The highest BCUT2D eigenvalue weighted by atomic mass is 32.2. The van der Waals surface area contributed by atoms with Crippen LogP contribution in [-0.4, -0.2) is 37.5 Å². The Morgan fingerprint density at radius 3 is 2.50 bits per heavy atom. The molecule has 1 amide bonds. The molecule has 0 saturated heterocycles. The lowest BCUT2D eigenvalue weighted by molar-refractivity contribution is 0.0953. The van der Waals surface area contributed by atoms with Crippen LogP contribution < -0.4 is 5.32 Å². The highest BCUT2D eigenvalue weighted by Gasteiger charge is 2.26. The van der Waals surface area contributed by atoms with Crippen LogP contribution >= 0.6 is 0 Å². The summed E-state index contributed by atoms with van der Waals surface area (Å²) in [5, 5.41) is 2.67. The highest BCUT2D eigenvalue weighted by molar-refractivity contribution is 7.89. The zero-order chi connectivity index (χ0) is 18.6. The van der Waals surface area contributed by atoms with Crippen LogP contribution in [0.2, 0.25) is 0 Å². The van der Waals surface area contributed by atoms with E-state index in [4.69, 9.17) is 0 Å². The van der Waals surface area contributed by atoms with Crippen molar-refractivity contribution in [2.24, 2.45) is 0 Å². The largest absolute Gasteiger partial charge is 0.352 e. The van der Waals surface area contributed by atoms with E-state index in [0.29, 0.717) is 25.1 Å². The predicted octanol–water partition coefficient (Wildman–Crippen LogP) is 2.33. The normalized spacial score (nSPS) is 14.7. The molecule has 0 radical (unpaired) electrons. The number of sulfonamides is 1. The molecule has 1 heterocycles. The number of halogens is 1. The highest BCUT2D eigenvalue weighted by Crippen LogP contribution is 2.21. The monoisotopic (exact) mass is 376 g/mol. The number of hydrogen-bond acceptors (Lipinski definition) is 3. The van der Waals surface area contributed by atoms with Crippen molar-refractivity contribution < 1.29 is 17.6 Å². The lowest BCUT2D eigenvalue weighted by atomic mass is 10.0. The van der Waals surface area contributed by atoms with Gasteiger partial charge in [0.25, 0.3) is 5.91 Å². The topological polar surface area (TPSA) is 66.5 Å². The Morgan fingerprint density at radius 1 is 1.08 bits per heavy atom. The first-order chi connectivity index (χ1) is 12.5. The number of nitrogens with one attached hydrogen (secondary N) is 1. The third-order valence-electron chi connectivity index (χ3n) is 4.46. The standard InChI is InChI=1S/C19H21FN2O3S/c20-18-8-6-16(7-9-18)19(23)21-11-3-13-26(24,25)22-12-10-15-4-1-2-5-17(15)14-22/h1-2,4-9H,3,10-14H2,(H,21,23). The molecule has 5 nitrogen and oxygen atoms in total. The minimum Gasteiger partial charge on any atom is -0.352 e. The zero-order valence-electron chi connectivity index (χ0n) is 14.3. The summed E-state index contributed by atoms with van der Waals surface area (Å²) in [5.74, 6) is -0.760. The molecule has 1 aliphatic heterocycles. The molecule has 0 atom stereocenters. The lowest BCUT2D eigenvalue weighted by Gasteiger charge is -2.28. The van der Waals surface area contributed by atoms with Gasteiger partial charge in [0.2, 0.25) is 10.0 Å². The number of rotatable bonds is 6. The summed E-state index contributed by atoms with van der Waals surface area (Å²) in [6, 6.07) is 13.1. The van der Waals surface area contributed by atoms with Crippen LogP contribution in [0.5, 0.6) is 0 Å². The Balaban J connectivity index is 1.48. The second kappa shape index (κ2) is 7.97. The van der Waals surface area contributed by atoms with Crippen LogP contribution in [-0.2, 0) is 23.0 Å². The number of benzene rings is 2. The second-order valence-corrected chi connectivity index (χ2v) is 8.37. The molecule has 0 fully saturated rings. The van der Waals surface area contributed by atoms with E-state index in [1.165, 1.54) is 34.1 Å². The van der Waals surface area contributed by atoms with Gasteiger partial charge in [-0.15, -0.1) is 0 Å². The Bertz CT molecular complexity index is 882. The molecule has 2 aromatic carbocycles. The third kappa shape index (κ3) is 4.47. The number of hydrogen-bond donors (Lipinski definition) is 1. The summed E-state index contributed by atoms with van der Waals surface area (Å²) in [6.07, 6.45) is 1.05. The average molecular weight is 376 g/mol. The van der Waals surface area contributed by atoms with E-state index in [-0.39, 0.29) is 18.2 Å². The van der Waals surface area contributed by atoms with Crippen molar-refractivity contribution in [3.8, 4) is 0 Å². The van der Waals surface area contributed by atoms with Crippen molar-refractivity contribution in [3.63, 3.8) is 0 Å². The van der Waals surface area contributed by atoms with Gasteiger partial charge < -0.3 is 5.32 Å². The SMILES string of the molecule is O=C(NCCCS(=O)(=O)N1CCc2ccccc2C1)c1ccc(F)cc1. The molecule has 138 valence electrons. The van der Waals surface area contributed by atoms with Crippen molar-refractivity contribution in [1.29, 1.82) is 0 Å². The molecular weight excluding hydrogens is 355 g/mol. The van der Waals surface area contributed by atoms with Crippen molar-refractivity contribution in [2.45, 2.75) is 19.4 Å². The molecule has 3 rings (SSSR count). The summed E-state index contributed by atoms with van der Waals surface area (Å²) in [5.41, 5.74) is 2.60. The van der Waals surface area contributed by atoms with Gasteiger partial charge >= 0.3 is 0 Å². The van der Waals surface area contributed by atoms with Crippen LogP contribution in [0.4, 0.5) is 4.39 Å². The molecule has 0 bridgehead atoms. The van der Waals surface area contributed by atoms with E-state index in [2.05, 4.69) is 5.32 Å². The summed E-state index contributed by atoms with van der Waals surface area (Å²) < 4.78 is 39.4. The van der Waals surface area contributed by atoms with Gasteiger partial charge in [-0.3, -0.25) is 4.79 Å². The molecule has 7 heteroatoms. The quantitative estimate of drug-likeness (QED) is 0.787. The lowest BCUT2D eigenvalue weighted by Crippen LogP contribution is -2.38. The van der Waals surface area contributed by atoms with E-state index in [1.54, 1.807) is 0 Å². The van der Waals surface area contributed by atoms with Gasteiger partial charge in [0, 0.05) is 25.2 Å². The first-order valence-corrected chi connectivity index (χ1v) is 10.1. The van der Waals surface area contributed by atoms with Gasteiger partial charge in [-0.2, -0.15) is 4.31 Å². The zero-order valence-corrected chi connectivity index (χ0v) is 15.1. The minimum atomic E-state index is -3.36. The molecule has 1 N–H and O–H groups in total. The first kappa shape index (κ1) is 18.5. The fourth-order valence-corrected chi connectivity index (χ4v) is 4.47. The Kier molecular flexibility index (Phi) is 5.68. The van der Waals surface area contributed by atoms with Gasteiger partial charge in [-0.25, -0.2) is 12.8 Å². The van der Waals surface area contributed by atoms with Crippen molar-refractivity contribution >= 4 is 15.9 Å². The fraction of sp³-hybridized carbons (Fsp3) is 0.316. The first-order valence-electron chi connectivity index (χ1n) is 8.54. The number of nitrogens with zero attached hydrogens (tertiary/aromatic N) is 1. The molecule has 0 saturated carbocycles.